The summed E-state index contributed by atoms with van der Waals surface area (Å²) in [6.45, 7) is 0.305. The first-order valence-corrected chi connectivity index (χ1v) is 7.38. The number of nitrogens with one attached hydrogen (secondary N) is 1. The Morgan fingerprint density at radius 1 is 1.10 bits per heavy atom. The Hall–Kier alpha value is -1.27. The van der Waals surface area contributed by atoms with Gasteiger partial charge < -0.3 is 10.4 Å². The average Bonchev–Trinajstić information content (AvgIpc) is 2.41. The lowest BCUT2D eigenvalue weighted by atomic mass is 9.78. The molecule has 2 unspecified atom stereocenters. The Morgan fingerprint density at radius 2 is 1.76 bits per heavy atom. The summed E-state index contributed by atoms with van der Waals surface area (Å²) in [4.78, 5) is 22.2. The molecule has 2 N–H and O–H groups in total. The van der Waals surface area contributed by atoms with E-state index in [4.69, 9.17) is 5.11 Å². The van der Waals surface area contributed by atoms with Crippen LogP contribution in [0.25, 0.3) is 0 Å². The summed E-state index contributed by atoms with van der Waals surface area (Å²) in [6.07, 6.45) is -1.01. The van der Waals surface area contributed by atoms with Gasteiger partial charge in [-0.3, -0.25) is 9.59 Å². The van der Waals surface area contributed by atoms with Gasteiger partial charge in [0.05, 0.1) is 5.92 Å². The molecule has 4 nitrogen and oxygen atoms in total. The Morgan fingerprint density at radius 3 is 2.38 bits per heavy atom. The van der Waals surface area contributed by atoms with Crippen molar-refractivity contribution in [1.82, 2.24) is 5.32 Å². The fraction of sp³-hybridized carbons (Fsp3) is 0.857. The van der Waals surface area contributed by atoms with E-state index in [1.165, 1.54) is 0 Å². The first-order valence-electron chi connectivity index (χ1n) is 7.38. The van der Waals surface area contributed by atoms with Crippen LogP contribution < -0.4 is 5.32 Å². The standard InChI is InChI=1S/C14H22F3NO3/c15-14(16,17)11-7-4-3-6-10(11)13(21)18-9-5-1-2-8-12(19)20/h10-11H,1-9H2,(H,18,21)(H,19,20). The highest BCUT2D eigenvalue weighted by Gasteiger charge is 2.47. The molecule has 1 rings (SSSR count). The number of halogens is 3. The summed E-state index contributed by atoms with van der Waals surface area (Å²) in [5, 5.41) is 11.0. The van der Waals surface area contributed by atoms with E-state index < -0.39 is 29.9 Å². The molecule has 0 radical (unpaired) electrons. The zero-order valence-corrected chi connectivity index (χ0v) is 11.9. The van der Waals surface area contributed by atoms with Gasteiger partial charge in [0.25, 0.3) is 0 Å². The van der Waals surface area contributed by atoms with E-state index in [-0.39, 0.29) is 19.3 Å². The second-order valence-corrected chi connectivity index (χ2v) is 5.53. The quantitative estimate of drug-likeness (QED) is 0.710. The molecule has 1 saturated carbocycles. The van der Waals surface area contributed by atoms with Crippen molar-refractivity contribution in [3.63, 3.8) is 0 Å². The fourth-order valence-corrected chi connectivity index (χ4v) is 2.76. The van der Waals surface area contributed by atoms with Crippen LogP contribution in [-0.2, 0) is 9.59 Å². The third-order valence-corrected chi connectivity index (χ3v) is 3.89. The first kappa shape index (κ1) is 17.8. The lowest BCUT2D eigenvalue weighted by Gasteiger charge is -2.32. The highest BCUT2D eigenvalue weighted by molar-refractivity contribution is 5.79. The number of carbonyl (C=O) groups is 2. The van der Waals surface area contributed by atoms with Crippen molar-refractivity contribution in [2.45, 2.75) is 57.5 Å². The summed E-state index contributed by atoms with van der Waals surface area (Å²) in [5.41, 5.74) is 0. The van der Waals surface area contributed by atoms with Gasteiger partial charge in [-0.15, -0.1) is 0 Å². The molecule has 0 bridgehead atoms. The Balaban J connectivity index is 2.31. The second-order valence-electron chi connectivity index (χ2n) is 5.53. The predicted molar refractivity (Wildman–Crippen MR) is 70.6 cm³/mol. The van der Waals surface area contributed by atoms with Crippen molar-refractivity contribution in [1.29, 1.82) is 0 Å². The second kappa shape index (κ2) is 8.24. The van der Waals surface area contributed by atoms with Gasteiger partial charge in [0.1, 0.15) is 0 Å². The summed E-state index contributed by atoms with van der Waals surface area (Å²) < 4.78 is 38.6. The van der Waals surface area contributed by atoms with Crippen molar-refractivity contribution >= 4 is 11.9 Å². The van der Waals surface area contributed by atoms with Crippen molar-refractivity contribution < 1.29 is 27.9 Å². The molecule has 0 aromatic carbocycles. The van der Waals surface area contributed by atoms with Crippen LogP contribution in [0.2, 0.25) is 0 Å². The first-order chi connectivity index (χ1) is 9.82. The highest BCUT2D eigenvalue weighted by Crippen LogP contribution is 2.41. The molecule has 0 spiro atoms. The Bertz CT molecular complexity index is 358. The maximum Gasteiger partial charge on any atom is 0.392 e. The normalized spacial score (nSPS) is 22.8. The molecule has 7 heteroatoms. The number of alkyl halides is 3. The van der Waals surface area contributed by atoms with E-state index in [1.807, 2.05) is 0 Å². The fourth-order valence-electron chi connectivity index (χ4n) is 2.76. The van der Waals surface area contributed by atoms with Crippen LogP contribution in [0.3, 0.4) is 0 Å². The van der Waals surface area contributed by atoms with Crippen LogP contribution in [0.1, 0.15) is 51.4 Å². The topological polar surface area (TPSA) is 66.4 Å². The van der Waals surface area contributed by atoms with Crippen LogP contribution in [-0.4, -0.2) is 29.7 Å². The van der Waals surface area contributed by atoms with Gasteiger partial charge in [-0.05, 0) is 25.7 Å². The summed E-state index contributed by atoms with van der Waals surface area (Å²) in [6, 6.07) is 0. The minimum absolute atomic E-state index is 0.0280. The van der Waals surface area contributed by atoms with E-state index in [0.29, 0.717) is 38.6 Å². The van der Waals surface area contributed by atoms with Crippen LogP contribution >= 0.6 is 0 Å². The molecule has 1 fully saturated rings. The predicted octanol–water partition coefficient (Wildman–Crippen LogP) is 3.12. The van der Waals surface area contributed by atoms with E-state index in [2.05, 4.69) is 5.32 Å². The van der Waals surface area contributed by atoms with E-state index >= 15 is 0 Å². The largest absolute Gasteiger partial charge is 0.481 e. The molecule has 1 aliphatic rings. The minimum Gasteiger partial charge on any atom is -0.481 e. The van der Waals surface area contributed by atoms with Gasteiger partial charge in [-0.2, -0.15) is 13.2 Å². The zero-order chi connectivity index (χ0) is 15.9. The molecule has 0 aromatic heterocycles. The molecule has 1 aliphatic carbocycles. The SMILES string of the molecule is O=C(O)CCCCCNC(=O)C1CCCCC1C(F)(F)F. The molecule has 0 saturated heterocycles. The number of carboxylic acids is 1. The Kier molecular flexibility index (Phi) is 6.98. The summed E-state index contributed by atoms with van der Waals surface area (Å²) in [5.74, 6) is -3.89. The number of amides is 1. The van der Waals surface area contributed by atoms with Crippen LogP contribution in [0, 0.1) is 11.8 Å². The van der Waals surface area contributed by atoms with Gasteiger partial charge >= 0.3 is 12.1 Å². The maximum atomic E-state index is 12.9. The smallest absolute Gasteiger partial charge is 0.392 e. The number of carboxylic acid groups (broad SMARTS) is 1. The maximum absolute atomic E-state index is 12.9. The lowest BCUT2D eigenvalue weighted by Crippen LogP contribution is -2.42. The van der Waals surface area contributed by atoms with Crippen LogP contribution in [0.15, 0.2) is 0 Å². The molecule has 0 heterocycles. The van der Waals surface area contributed by atoms with Crippen LogP contribution in [0.4, 0.5) is 13.2 Å². The molecular formula is C14H22F3NO3. The molecule has 21 heavy (non-hydrogen) atoms. The molecule has 2 atom stereocenters. The van der Waals surface area contributed by atoms with Gasteiger partial charge in [-0.1, -0.05) is 19.3 Å². The van der Waals surface area contributed by atoms with Gasteiger partial charge in [-0.25, -0.2) is 0 Å². The molecule has 122 valence electrons. The van der Waals surface area contributed by atoms with Gasteiger partial charge in [0.2, 0.25) is 5.91 Å². The summed E-state index contributed by atoms with van der Waals surface area (Å²) in [7, 11) is 0. The molecular weight excluding hydrogens is 287 g/mol. The minimum atomic E-state index is -4.32. The van der Waals surface area contributed by atoms with Gasteiger partial charge in [0, 0.05) is 18.9 Å². The number of hydrogen-bond acceptors (Lipinski definition) is 2. The lowest BCUT2D eigenvalue weighted by molar-refractivity contribution is -0.198. The number of rotatable bonds is 7. The molecule has 0 aromatic rings. The number of aliphatic carboxylic acids is 1. The Labute approximate surface area is 122 Å². The molecule has 1 amide bonds. The highest BCUT2D eigenvalue weighted by atomic mass is 19.4. The molecule has 0 aliphatic heterocycles. The zero-order valence-electron chi connectivity index (χ0n) is 11.9. The third-order valence-electron chi connectivity index (χ3n) is 3.89. The third kappa shape index (κ3) is 6.35. The van der Waals surface area contributed by atoms with E-state index in [9.17, 15) is 22.8 Å². The number of hydrogen-bond donors (Lipinski definition) is 2. The monoisotopic (exact) mass is 309 g/mol. The van der Waals surface area contributed by atoms with E-state index in [1.54, 1.807) is 0 Å². The van der Waals surface area contributed by atoms with Crippen LogP contribution in [0.5, 0.6) is 0 Å². The van der Waals surface area contributed by atoms with Gasteiger partial charge in [0.15, 0.2) is 0 Å². The average molecular weight is 309 g/mol. The van der Waals surface area contributed by atoms with Crippen molar-refractivity contribution in [2.75, 3.05) is 6.54 Å². The van der Waals surface area contributed by atoms with Crippen molar-refractivity contribution in [2.24, 2.45) is 11.8 Å². The van der Waals surface area contributed by atoms with Crippen molar-refractivity contribution in [3.05, 3.63) is 0 Å². The van der Waals surface area contributed by atoms with Crippen molar-refractivity contribution in [3.8, 4) is 0 Å². The van der Waals surface area contributed by atoms with E-state index in [0.717, 1.165) is 0 Å². The summed E-state index contributed by atoms with van der Waals surface area (Å²) >= 11 is 0. The number of carbonyl (C=O) groups excluding carboxylic acids is 1. The number of unbranched alkanes of at least 4 members (excludes halogenated alkanes) is 2.